The van der Waals surface area contributed by atoms with Crippen molar-refractivity contribution in [2.45, 2.75) is 20.0 Å². The van der Waals surface area contributed by atoms with Crippen molar-refractivity contribution in [2.75, 3.05) is 6.54 Å². The van der Waals surface area contributed by atoms with Gasteiger partial charge in [0.2, 0.25) is 0 Å². The summed E-state index contributed by atoms with van der Waals surface area (Å²) in [5, 5.41) is 11.6. The van der Waals surface area contributed by atoms with Crippen LogP contribution in [0, 0.1) is 5.82 Å². The van der Waals surface area contributed by atoms with Gasteiger partial charge in [-0.05, 0) is 24.2 Å². The normalized spacial score (nSPS) is 10.8. The summed E-state index contributed by atoms with van der Waals surface area (Å²) in [7, 11) is 0. The van der Waals surface area contributed by atoms with Crippen molar-refractivity contribution in [3.63, 3.8) is 0 Å². The second-order valence-corrected chi connectivity index (χ2v) is 4.33. The van der Waals surface area contributed by atoms with Crippen LogP contribution in [0.15, 0.2) is 24.4 Å². The molecule has 0 amide bonds. The maximum Gasteiger partial charge on any atom is 0.124 e. The summed E-state index contributed by atoms with van der Waals surface area (Å²) in [6.07, 6.45) is 1.85. The Bertz CT molecular complexity index is 527. The van der Waals surface area contributed by atoms with E-state index in [0.717, 1.165) is 17.8 Å². The van der Waals surface area contributed by atoms with E-state index in [1.165, 1.54) is 12.1 Å². The molecule has 1 heterocycles. The van der Waals surface area contributed by atoms with E-state index >= 15 is 0 Å². The lowest BCUT2D eigenvalue weighted by Crippen LogP contribution is -2.11. The van der Waals surface area contributed by atoms with Crippen molar-refractivity contribution in [1.82, 2.24) is 20.3 Å². The van der Waals surface area contributed by atoms with Gasteiger partial charge in [0, 0.05) is 11.6 Å². The third-order valence-corrected chi connectivity index (χ3v) is 2.84. The number of halogens is 2. The molecule has 0 saturated heterocycles. The molecule has 96 valence electrons. The van der Waals surface area contributed by atoms with E-state index in [0.29, 0.717) is 18.1 Å². The van der Waals surface area contributed by atoms with Gasteiger partial charge < -0.3 is 5.32 Å². The molecule has 0 atom stereocenters. The van der Waals surface area contributed by atoms with E-state index in [1.807, 2.05) is 13.1 Å². The van der Waals surface area contributed by atoms with Gasteiger partial charge in [0.25, 0.3) is 0 Å². The van der Waals surface area contributed by atoms with Gasteiger partial charge in [-0.15, -0.1) is 5.10 Å². The highest BCUT2D eigenvalue weighted by Crippen LogP contribution is 2.18. The maximum absolute atomic E-state index is 12.9. The Balaban J connectivity index is 2.06. The largest absolute Gasteiger partial charge is 0.311 e. The molecule has 0 aliphatic heterocycles. The number of aromatic nitrogens is 3. The number of rotatable bonds is 5. The first-order chi connectivity index (χ1) is 8.69. The minimum Gasteiger partial charge on any atom is -0.311 e. The van der Waals surface area contributed by atoms with E-state index in [-0.39, 0.29) is 5.82 Å². The van der Waals surface area contributed by atoms with Gasteiger partial charge in [-0.1, -0.05) is 29.8 Å². The third kappa shape index (κ3) is 3.27. The third-order valence-electron chi connectivity index (χ3n) is 2.49. The quantitative estimate of drug-likeness (QED) is 0.904. The molecular formula is C12H14ClFN4. The Morgan fingerprint density at radius 2 is 2.28 bits per heavy atom. The number of hydrogen-bond acceptors (Lipinski definition) is 3. The summed E-state index contributed by atoms with van der Waals surface area (Å²) in [6, 6.07) is 4.34. The second-order valence-electron chi connectivity index (χ2n) is 3.92. The summed E-state index contributed by atoms with van der Waals surface area (Å²) >= 11 is 5.96. The fraction of sp³-hybridized carbons (Fsp3) is 0.333. The molecule has 1 aromatic heterocycles. The fourth-order valence-corrected chi connectivity index (χ4v) is 1.80. The monoisotopic (exact) mass is 268 g/mol. The Morgan fingerprint density at radius 1 is 1.44 bits per heavy atom. The SMILES string of the molecule is CCNCc1cn(Cc2ccc(F)cc2Cl)nn1. The van der Waals surface area contributed by atoms with Crippen LogP contribution in [0.25, 0.3) is 0 Å². The van der Waals surface area contributed by atoms with Gasteiger partial charge in [-0.3, -0.25) is 0 Å². The van der Waals surface area contributed by atoms with Gasteiger partial charge >= 0.3 is 0 Å². The molecular weight excluding hydrogens is 255 g/mol. The zero-order chi connectivity index (χ0) is 13.0. The van der Waals surface area contributed by atoms with Gasteiger partial charge in [0.05, 0.1) is 18.4 Å². The molecule has 0 aliphatic rings. The van der Waals surface area contributed by atoms with Crippen LogP contribution in [0.3, 0.4) is 0 Å². The van der Waals surface area contributed by atoms with Crippen LogP contribution in [0.4, 0.5) is 4.39 Å². The van der Waals surface area contributed by atoms with Crippen molar-refractivity contribution in [2.24, 2.45) is 0 Å². The number of nitrogens with zero attached hydrogens (tertiary/aromatic N) is 3. The zero-order valence-corrected chi connectivity index (χ0v) is 10.8. The first kappa shape index (κ1) is 13.0. The predicted molar refractivity (Wildman–Crippen MR) is 67.9 cm³/mol. The van der Waals surface area contributed by atoms with Crippen LogP contribution in [-0.2, 0) is 13.1 Å². The Hall–Kier alpha value is -1.46. The van der Waals surface area contributed by atoms with Crippen molar-refractivity contribution in [3.05, 3.63) is 46.5 Å². The first-order valence-corrected chi connectivity index (χ1v) is 6.10. The van der Waals surface area contributed by atoms with E-state index in [2.05, 4.69) is 15.6 Å². The first-order valence-electron chi connectivity index (χ1n) is 5.72. The molecule has 6 heteroatoms. The molecule has 2 rings (SSSR count). The summed E-state index contributed by atoms with van der Waals surface area (Å²) in [6.45, 7) is 4.09. The zero-order valence-electron chi connectivity index (χ0n) is 10.0. The van der Waals surface area contributed by atoms with E-state index in [9.17, 15) is 4.39 Å². The summed E-state index contributed by atoms with van der Waals surface area (Å²) < 4.78 is 14.6. The van der Waals surface area contributed by atoms with Crippen molar-refractivity contribution < 1.29 is 4.39 Å². The molecule has 0 fully saturated rings. The van der Waals surface area contributed by atoms with Gasteiger partial charge in [0.15, 0.2) is 0 Å². The smallest absolute Gasteiger partial charge is 0.124 e. The number of hydrogen-bond donors (Lipinski definition) is 1. The van der Waals surface area contributed by atoms with Crippen molar-refractivity contribution in [3.8, 4) is 0 Å². The Kier molecular flexibility index (Phi) is 4.28. The summed E-state index contributed by atoms with van der Waals surface area (Å²) in [5.41, 5.74) is 1.69. The van der Waals surface area contributed by atoms with Crippen LogP contribution < -0.4 is 5.32 Å². The van der Waals surface area contributed by atoms with Crippen LogP contribution in [-0.4, -0.2) is 21.5 Å². The highest BCUT2D eigenvalue weighted by molar-refractivity contribution is 6.31. The molecule has 2 aromatic rings. The highest BCUT2D eigenvalue weighted by Gasteiger charge is 2.05. The molecule has 18 heavy (non-hydrogen) atoms. The lowest BCUT2D eigenvalue weighted by atomic mass is 10.2. The Labute approximate surface area is 110 Å². The van der Waals surface area contributed by atoms with Crippen LogP contribution in [0.1, 0.15) is 18.2 Å². The molecule has 0 aliphatic carbocycles. The number of nitrogens with one attached hydrogen (secondary N) is 1. The average molecular weight is 269 g/mol. The highest BCUT2D eigenvalue weighted by atomic mass is 35.5. The maximum atomic E-state index is 12.9. The molecule has 1 aromatic carbocycles. The van der Waals surface area contributed by atoms with Crippen LogP contribution in [0.5, 0.6) is 0 Å². The average Bonchev–Trinajstić information content (AvgIpc) is 2.78. The summed E-state index contributed by atoms with van der Waals surface area (Å²) in [5.74, 6) is -0.338. The standard InChI is InChI=1S/C12H14ClFN4/c1-2-15-6-11-8-18(17-16-11)7-9-3-4-10(14)5-12(9)13/h3-5,8,15H,2,6-7H2,1H3. The van der Waals surface area contributed by atoms with Gasteiger partial charge in [0.1, 0.15) is 5.82 Å². The predicted octanol–water partition coefficient (Wildman–Crippen LogP) is 2.23. The van der Waals surface area contributed by atoms with Crippen LogP contribution >= 0.6 is 11.6 Å². The van der Waals surface area contributed by atoms with Gasteiger partial charge in [-0.25, -0.2) is 9.07 Å². The molecule has 0 unspecified atom stereocenters. The van der Waals surface area contributed by atoms with Crippen LogP contribution in [0.2, 0.25) is 5.02 Å². The van der Waals surface area contributed by atoms with E-state index in [1.54, 1.807) is 10.7 Å². The summed E-state index contributed by atoms with van der Waals surface area (Å²) in [4.78, 5) is 0. The minimum atomic E-state index is -0.338. The molecule has 0 spiro atoms. The number of benzene rings is 1. The topological polar surface area (TPSA) is 42.7 Å². The molecule has 0 bridgehead atoms. The minimum absolute atomic E-state index is 0.338. The van der Waals surface area contributed by atoms with Crippen molar-refractivity contribution in [1.29, 1.82) is 0 Å². The van der Waals surface area contributed by atoms with Gasteiger partial charge in [-0.2, -0.15) is 0 Å². The lowest BCUT2D eigenvalue weighted by molar-refractivity contribution is 0.621. The fourth-order valence-electron chi connectivity index (χ4n) is 1.57. The molecule has 0 saturated carbocycles. The Morgan fingerprint density at radius 3 is 3.00 bits per heavy atom. The molecule has 4 nitrogen and oxygen atoms in total. The molecule has 1 N–H and O–H groups in total. The van der Waals surface area contributed by atoms with E-state index < -0.39 is 0 Å². The lowest BCUT2D eigenvalue weighted by Gasteiger charge is -2.03. The molecule has 0 radical (unpaired) electrons. The van der Waals surface area contributed by atoms with E-state index in [4.69, 9.17) is 11.6 Å². The second kappa shape index (κ2) is 5.93. The van der Waals surface area contributed by atoms with Crippen molar-refractivity contribution >= 4 is 11.6 Å².